The fourth-order valence-electron chi connectivity index (χ4n) is 3.27. The average molecular weight is 376 g/mol. The second kappa shape index (κ2) is 7.96. The van der Waals surface area contributed by atoms with Crippen molar-refractivity contribution in [2.24, 2.45) is 5.41 Å². The van der Waals surface area contributed by atoms with E-state index in [0.717, 1.165) is 5.56 Å². The van der Waals surface area contributed by atoms with Crippen molar-refractivity contribution in [2.75, 3.05) is 26.4 Å². The van der Waals surface area contributed by atoms with Gasteiger partial charge in [0.05, 0.1) is 26.4 Å². The van der Waals surface area contributed by atoms with Crippen LogP contribution in [0.2, 0.25) is 0 Å². The first-order valence-corrected chi connectivity index (χ1v) is 9.31. The summed E-state index contributed by atoms with van der Waals surface area (Å²) in [5.74, 6) is -1.42. The molecular weight excluding hydrogens is 348 g/mol. The van der Waals surface area contributed by atoms with Crippen LogP contribution in [0.25, 0.3) is 0 Å². The van der Waals surface area contributed by atoms with E-state index in [2.05, 4.69) is 5.32 Å². The number of hydrogen-bond donors (Lipinski definition) is 1. The number of rotatable bonds is 7. The van der Waals surface area contributed by atoms with Gasteiger partial charge in [-0.15, -0.1) is 0 Å². The summed E-state index contributed by atoms with van der Waals surface area (Å²) in [5.41, 5.74) is 0.918. The lowest BCUT2D eigenvalue weighted by Gasteiger charge is -2.50. The van der Waals surface area contributed by atoms with E-state index in [-0.39, 0.29) is 36.2 Å². The number of fused-ring (bicyclic) bond motifs is 3. The van der Waals surface area contributed by atoms with Gasteiger partial charge >= 0.3 is 5.97 Å². The van der Waals surface area contributed by atoms with E-state index >= 15 is 0 Å². The van der Waals surface area contributed by atoms with Gasteiger partial charge in [0.15, 0.2) is 0 Å². The Hall–Kier alpha value is -1.96. The molecule has 0 spiro atoms. The molecule has 3 saturated heterocycles. The number of carbonyl (C=O) groups is 2. The van der Waals surface area contributed by atoms with Gasteiger partial charge in [0, 0.05) is 31.3 Å². The third-order valence-electron chi connectivity index (χ3n) is 5.04. The summed E-state index contributed by atoms with van der Waals surface area (Å²) in [7, 11) is 0. The molecule has 3 aliphatic rings. The SMILES string of the molecule is CC(=O)N(Cc1ccccc1)C(C)CC(=O)NCC12OCC(C)(CO1)CO2. The molecule has 148 valence electrons. The van der Waals surface area contributed by atoms with Crippen molar-refractivity contribution in [3.8, 4) is 0 Å². The molecule has 27 heavy (non-hydrogen) atoms. The van der Waals surface area contributed by atoms with Crippen LogP contribution >= 0.6 is 0 Å². The van der Waals surface area contributed by atoms with Crippen LogP contribution in [0.1, 0.15) is 32.8 Å². The summed E-state index contributed by atoms with van der Waals surface area (Å²) in [6, 6.07) is 9.50. The average Bonchev–Trinajstić information content (AvgIpc) is 2.66. The second-order valence-electron chi connectivity index (χ2n) is 7.82. The number of amides is 2. The predicted molar refractivity (Wildman–Crippen MR) is 98.4 cm³/mol. The molecular formula is C20H28N2O5. The maximum absolute atomic E-state index is 12.4. The molecule has 1 aromatic carbocycles. The third-order valence-corrected chi connectivity index (χ3v) is 5.04. The Morgan fingerprint density at radius 3 is 2.30 bits per heavy atom. The molecule has 7 nitrogen and oxygen atoms in total. The number of nitrogens with zero attached hydrogens (tertiary/aromatic N) is 1. The largest absolute Gasteiger partial charge is 0.348 e. The highest BCUT2D eigenvalue weighted by Crippen LogP contribution is 2.37. The van der Waals surface area contributed by atoms with Gasteiger partial charge < -0.3 is 24.4 Å². The maximum atomic E-state index is 12.4. The molecule has 0 saturated carbocycles. The van der Waals surface area contributed by atoms with Gasteiger partial charge in [-0.2, -0.15) is 0 Å². The highest BCUT2D eigenvalue weighted by atomic mass is 16.9. The quantitative estimate of drug-likeness (QED) is 0.783. The van der Waals surface area contributed by atoms with Crippen LogP contribution in [-0.4, -0.2) is 55.1 Å². The van der Waals surface area contributed by atoms with Gasteiger partial charge in [0.25, 0.3) is 0 Å². The first-order valence-electron chi connectivity index (χ1n) is 9.31. The molecule has 3 aliphatic heterocycles. The lowest BCUT2D eigenvalue weighted by molar-refractivity contribution is -0.461. The minimum absolute atomic E-state index is 0.0633. The summed E-state index contributed by atoms with van der Waals surface area (Å²) in [5, 5.41) is 2.82. The van der Waals surface area contributed by atoms with Gasteiger partial charge in [-0.3, -0.25) is 9.59 Å². The Morgan fingerprint density at radius 1 is 1.15 bits per heavy atom. The third kappa shape index (κ3) is 4.86. The van der Waals surface area contributed by atoms with Gasteiger partial charge in [-0.25, -0.2) is 0 Å². The molecule has 3 heterocycles. The van der Waals surface area contributed by atoms with Crippen molar-refractivity contribution in [1.29, 1.82) is 0 Å². The van der Waals surface area contributed by atoms with Gasteiger partial charge in [-0.05, 0) is 12.5 Å². The lowest BCUT2D eigenvalue weighted by atomic mass is 9.92. The molecule has 3 fully saturated rings. The molecule has 2 amide bonds. The van der Waals surface area contributed by atoms with Crippen LogP contribution in [0.15, 0.2) is 30.3 Å². The lowest BCUT2D eigenvalue weighted by Crippen LogP contribution is -2.63. The van der Waals surface area contributed by atoms with E-state index in [1.165, 1.54) is 6.92 Å². The number of hydrogen-bond acceptors (Lipinski definition) is 5. The molecule has 1 unspecified atom stereocenters. The van der Waals surface area contributed by atoms with E-state index < -0.39 is 5.97 Å². The van der Waals surface area contributed by atoms with Crippen LogP contribution < -0.4 is 5.32 Å². The standard InChI is InChI=1S/C20H28N2O5/c1-15(22(16(2)23)10-17-7-5-4-6-8-17)9-18(24)21-11-20-25-12-19(3,13-26-20)14-27-20/h4-8,15H,9-14H2,1-3H3,(H,21,24). The van der Waals surface area contributed by atoms with E-state index in [1.54, 1.807) is 4.90 Å². The van der Waals surface area contributed by atoms with Gasteiger partial charge in [0.1, 0.15) is 0 Å². The summed E-state index contributed by atoms with van der Waals surface area (Å²) in [6.45, 7) is 7.69. The molecule has 1 N–H and O–H groups in total. The zero-order chi connectivity index (χ0) is 19.5. The summed E-state index contributed by atoms with van der Waals surface area (Å²) >= 11 is 0. The van der Waals surface area contributed by atoms with E-state index in [9.17, 15) is 9.59 Å². The Morgan fingerprint density at radius 2 is 1.74 bits per heavy atom. The Kier molecular flexibility index (Phi) is 5.83. The first-order chi connectivity index (χ1) is 12.8. The molecule has 2 bridgehead atoms. The van der Waals surface area contributed by atoms with Crippen LogP contribution in [0.3, 0.4) is 0 Å². The molecule has 4 rings (SSSR count). The molecule has 7 heteroatoms. The number of nitrogens with one attached hydrogen (secondary N) is 1. The minimum Gasteiger partial charge on any atom is -0.348 e. The normalized spacial score (nSPS) is 27.8. The summed E-state index contributed by atoms with van der Waals surface area (Å²) in [6.07, 6.45) is 0.195. The van der Waals surface area contributed by atoms with Crippen LogP contribution in [0, 0.1) is 5.41 Å². The summed E-state index contributed by atoms with van der Waals surface area (Å²) in [4.78, 5) is 26.1. The fourth-order valence-corrected chi connectivity index (χ4v) is 3.27. The highest BCUT2D eigenvalue weighted by molar-refractivity contribution is 5.78. The highest BCUT2D eigenvalue weighted by Gasteiger charge is 2.50. The van der Waals surface area contributed by atoms with Crippen LogP contribution in [-0.2, 0) is 30.3 Å². The Labute approximate surface area is 160 Å². The second-order valence-corrected chi connectivity index (χ2v) is 7.82. The van der Waals surface area contributed by atoms with Crippen molar-refractivity contribution in [1.82, 2.24) is 10.2 Å². The molecule has 0 aromatic heterocycles. The summed E-state index contributed by atoms with van der Waals surface area (Å²) < 4.78 is 17.0. The van der Waals surface area contributed by atoms with Crippen molar-refractivity contribution in [2.45, 2.75) is 45.8 Å². The number of benzene rings is 1. The Balaban J connectivity index is 1.51. The maximum Gasteiger partial charge on any atom is 0.301 e. The van der Waals surface area contributed by atoms with Crippen LogP contribution in [0.5, 0.6) is 0 Å². The van der Waals surface area contributed by atoms with E-state index in [1.807, 2.05) is 44.2 Å². The van der Waals surface area contributed by atoms with Crippen LogP contribution in [0.4, 0.5) is 0 Å². The Bertz CT molecular complexity index is 654. The molecule has 1 atom stereocenters. The fraction of sp³-hybridized carbons (Fsp3) is 0.600. The molecule has 0 aliphatic carbocycles. The van der Waals surface area contributed by atoms with Crippen molar-refractivity contribution >= 4 is 11.8 Å². The predicted octanol–water partition coefficient (Wildman–Crippen LogP) is 1.67. The van der Waals surface area contributed by atoms with Gasteiger partial charge in [0.2, 0.25) is 11.8 Å². The topological polar surface area (TPSA) is 77.1 Å². The molecule has 1 aromatic rings. The zero-order valence-corrected chi connectivity index (χ0v) is 16.2. The number of ether oxygens (including phenoxy) is 3. The minimum atomic E-state index is -1.18. The number of carbonyl (C=O) groups excluding carboxylic acids is 2. The monoisotopic (exact) mass is 376 g/mol. The van der Waals surface area contributed by atoms with Crippen molar-refractivity contribution in [3.63, 3.8) is 0 Å². The smallest absolute Gasteiger partial charge is 0.301 e. The van der Waals surface area contributed by atoms with E-state index in [4.69, 9.17) is 14.2 Å². The first kappa shape index (κ1) is 19.8. The van der Waals surface area contributed by atoms with Gasteiger partial charge in [-0.1, -0.05) is 37.3 Å². The van der Waals surface area contributed by atoms with E-state index in [0.29, 0.717) is 26.4 Å². The van der Waals surface area contributed by atoms with Crippen molar-refractivity contribution < 1.29 is 23.8 Å². The van der Waals surface area contributed by atoms with Crippen molar-refractivity contribution in [3.05, 3.63) is 35.9 Å². The molecule has 0 radical (unpaired) electrons. The zero-order valence-electron chi connectivity index (χ0n) is 16.2.